The summed E-state index contributed by atoms with van der Waals surface area (Å²) in [5, 5.41) is 3.36. The molecule has 0 aromatic heterocycles. The fraction of sp³-hybridized carbons (Fsp3) is 0.333. The Balaban J connectivity index is 1.62. The van der Waals surface area contributed by atoms with Crippen molar-refractivity contribution < 1.29 is 19.0 Å². The second kappa shape index (κ2) is 9.91. The largest absolute Gasteiger partial charge is 0.493 e. The average Bonchev–Trinajstić information content (AvgIpc) is 2.75. The van der Waals surface area contributed by atoms with Crippen LogP contribution < -0.4 is 14.8 Å². The van der Waals surface area contributed by atoms with E-state index in [0.29, 0.717) is 35.4 Å². The van der Waals surface area contributed by atoms with Gasteiger partial charge in [0.15, 0.2) is 18.1 Å². The lowest BCUT2D eigenvalue weighted by molar-refractivity contribution is -0.118. The third-order valence-corrected chi connectivity index (χ3v) is 5.42. The molecule has 2 aromatic carbocycles. The molecule has 1 heterocycles. The Morgan fingerprint density at radius 2 is 1.97 bits per heavy atom. The summed E-state index contributed by atoms with van der Waals surface area (Å²) in [7, 11) is 1.55. The van der Waals surface area contributed by atoms with Crippen LogP contribution in [0.3, 0.4) is 0 Å². The van der Waals surface area contributed by atoms with E-state index in [1.807, 2.05) is 25.1 Å². The Kier molecular flexibility index (Phi) is 7.30. The minimum Gasteiger partial charge on any atom is -0.493 e. The van der Waals surface area contributed by atoms with Gasteiger partial charge in [-0.05, 0) is 42.8 Å². The van der Waals surface area contributed by atoms with E-state index in [1.165, 1.54) is 0 Å². The Morgan fingerprint density at radius 3 is 2.66 bits per heavy atom. The van der Waals surface area contributed by atoms with Gasteiger partial charge in [0.2, 0.25) is 0 Å². The first-order valence-corrected chi connectivity index (χ1v) is 10.0. The SMILES string of the molecule is COc1cc(C(=S)N2CCOCC2)ccc1OCC(=O)Nc1ccc(C)c(Cl)c1. The van der Waals surface area contributed by atoms with E-state index in [9.17, 15) is 4.79 Å². The monoisotopic (exact) mass is 434 g/mol. The lowest BCUT2D eigenvalue weighted by Crippen LogP contribution is -2.40. The van der Waals surface area contributed by atoms with E-state index in [1.54, 1.807) is 25.3 Å². The van der Waals surface area contributed by atoms with Gasteiger partial charge in [-0.1, -0.05) is 29.9 Å². The standard InChI is InChI=1S/C21H23ClN2O4S/c1-14-3-5-16(12-17(14)22)23-20(25)13-28-18-6-4-15(11-19(18)26-2)21(29)24-7-9-27-10-8-24/h3-6,11-12H,7-10,13H2,1-2H3,(H,23,25). The van der Waals surface area contributed by atoms with Crippen molar-refractivity contribution in [3.63, 3.8) is 0 Å². The van der Waals surface area contributed by atoms with Crippen LogP contribution in [0.25, 0.3) is 0 Å². The van der Waals surface area contributed by atoms with Gasteiger partial charge in [0.05, 0.1) is 20.3 Å². The molecule has 8 heteroatoms. The van der Waals surface area contributed by atoms with Crippen LogP contribution in [-0.4, -0.2) is 55.8 Å². The summed E-state index contributed by atoms with van der Waals surface area (Å²) < 4.78 is 16.4. The number of methoxy groups -OCH3 is 1. The number of aryl methyl sites for hydroxylation is 1. The number of ether oxygens (including phenoxy) is 3. The Morgan fingerprint density at radius 1 is 1.21 bits per heavy atom. The molecule has 0 spiro atoms. The van der Waals surface area contributed by atoms with Crippen LogP contribution >= 0.6 is 23.8 Å². The van der Waals surface area contributed by atoms with Crippen molar-refractivity contribution in [2.45, 2.75) is 6.92 Å². The van der Waals surface area contributed by atoms with Gasteiger partial charge in [-0.2, -0.15) is 0 Å². The molecule has 2 aromatic rings. The third-order valence-electron chi connectivity index (χ3n) is 4.52. The smallest absolute Gasteiger partial charge is 0.262 e. The molecule has 1 aliphatic heterocycles. The molecule has 0 bridgehead atoms. The van der Waals surface area contributed by atoms with Crippen molar-refractivity contribution in [3.8, 4) is 11.5 Å². The number of halogens is 1. The van der Waals surface area contributed by atoms with E-state index in [2.05, 4.69) is 10.2 Å². The molecule has 1 fully saturated rings. The number of amides is 1. The van der Waals surface area contributed by atoms with Crippen LogP contribution in [0, 0.1) is 6.92 Å². The molecule has 154 valence electrons. The number of carbonyl (C=O) groups is 1. The molecule has 29 heavy (non-hydrogen) atoms. The lowest BCUT2D eigenvalue weighted by Gasteiger charge is -2.29. The van der Waals surface area contributed by atoms with Gasteiger partial charge in [0.25, 0.3) is 5.91 Å². The number of hydrogen-bond acceptors (Lipinski definition) is 5. The zero-order chi connectivity index (χ0) is 20.8. The first-order valence-electron chi connectivity index (χ1n) is 9.22. The summed E-state index contributed by atoms with van der Waals surface area (Å²) in [4.78, 5) is 15.1. The molecular weight excluding hydrogens is 412 g/mol. The number of carbonyl (C=O) groups excluding carboxylic acids is 1. The molecule has 1 aliphatic rings. The number of thiocarbonyl (C=S) groups is 1. The van der Waals surface area contributed by atoms with Crippen LogP contribution in [0.2, 0.25) is 5.02 Å². The highest BCUT2D eigenvalue weighted by Crippen LogP contribution is 2.29. The molecule has 0 radical (unpaired) electrons. The van der Waals surface area contributed by atoms with Gasteiger partial charge in [-0.15, -0.1) is 0 Å². The number of rotatable bonds is 6. The molecule has 0 saturated carbocycles. The van der Waals surface area contributed by atoms with Crippen molar-refractivity contribution in [1.82, 2.24) is 4.90 Å². The van der Waals surface area contributed by atoms with Gasteiger partial charge in [-0.25, -0.2) is 0 Å². The lowest BCUT2D eigenvalue weighted by atomic mass is 10.1. The van der Waals surface area contributed by atoms with E-state index in [4.69, 9.17) is 38.0 Å². The van der Waals surface area contributed by atoms with Gasteiger partial charge >= 0.3 is 0 Å². The van der Waals surface area contributed by atoms with Crippen molar-refractivity contribution in [3.05, 3.63) is 52.5 Å². The van der Waals surface area contributed by atoms with Crippen molar-refractivity contribution in [2.24, 2.45) is 0 Å². The van der Waals surface area contributed by atoms with Crippen LogP contribution in [0.5, 0.6) is 11.5 Å². The zero-order valence-corrected chi connectivity index (χ0v) is 17.9. The topological polar surface area (TPSA) is 60.0 Å². The maximum absolute atomic E-state index is 12.2. The number of morpholine rings is 1. The Hall–Kier alpha value is -2.35. The molecule has 1 N–H and O–H groups in total. The highest BCUT2D eigenvalue weighted by Gasteiger charge is 2.17. The zero-order valence-electron chi connectivity index (χ0n) is 16.4. The Bertz CT molecular complexity index is 900. The van der Waals surface area contributed by atoms with Crippen molar-refractivity contribution >= 4 is 40.4 Å². The van der Waals surface area contributed by atoms with Crippen LogP contribution in [0.15, 0.2) is 36.4 Å². The molecule has 0 unspecified atom stereocenters. The molecule has 1 amide bonds. The molecule has 6 nitrogen and oxygen atoms in total. The fourth-order valence-corrected chi connectivity index (χ4v) is 3.37. The average molecular weight is 435 g/mol. The van der Waals surface area contributed by atoms with Gasteiger partial charge in [-0.3, -0.25) is 4.79 Å². The minimum absolute atomic E-state index is 0.158. The summed E-state index contributed by atoms with van der Waals surface area (Å²) in [5.41, 5.74) is 2.43. The summed E-state index contributed by atoms with van der Waals surface area (Å²) in [6.45, 7) is 4.61. The number of nitrogens with zero attached hydrogens (tertiary/aromatic N) is 1. The van der Waals surface area contributed by atoms with Crippen molar-refractivity contribution in [1.29, 1.82) is 0 Å². The molecule has 0 atom stereocenters. The van der Waals surface area contributed by atoms with Gasteiger partial charge in [0.1, 0.15) is 4.99 Å². The third kappa shape index (κ3) is 5.59. The van der Waals surface area contributed by atoms with E-state index in [0.717, 1.165) is 29.2 Å². The molecule has 3 rings (SSSR count). The first kappa shape index (κ1) is 21.4. The molecular formula is C21H23ClN2O4S. The number of nitrogens with one attached hydrogen (secondary N) is 1. The van der Waals surface area contributed by atoms with Crippen LogP contribution in [-0.2, 0) is 9.53 Å². The summed E-state index contributed by atoms with van der Waals surface area (Å²) in [6.07, 6.45) is 0. The molecule has 1 saturated heterocycles. The van der Waals surface area contributed by atoms with Crippen LogP contribution in [0.1, 0.15) is 11.1 Å². The predicted molar refractivity (Wildman–Crippen MR) is 117 cm³/mol. The maximum Gasteiger partial charge on any atom is 0.262 e. The van der Waals surface area contributed by atoms with Crippen LogP contribution in [0.4, 0.5) is 5.69 Å². The highest BCUT2D eigenvalue weighted by molar-refractivity contribution is 7.80. The van der Waals surface area contributed by atoms with Gasteiger partial charge < -0.3 is 24.4 Å². The molecule has 0 aliphatic carbocycles. The normalized spacial score (nSPS) is 13.7. The van der Waals surface area contributed by atoms with Crippen molar-refractivity contribution in [2.75, 3.05) is 45.3 Å². The highest BCUT2D eigenvalue weighted by atomic mass is 35.5. The second-order valence-electron chi connectivity index (χ2n) is 6.57. The van der Waals surface area contributed by atoms with Gasteiger partial charge in [0, 0.05) is 29.4 Å². The summed E-state index contributed by atoms with van der Waals surface area (Å²) in [6, 6.07) is 10.8. The number of benzene rings is 2. The number of anilines is 1. The number of hydrogen-bond donors (Lipinski definition) is 1. The summed E-state index contributed by atoms with van der Waals surface area (Å²) >= 11 is 11.7. The summed E-state index contributed by atoms with van der Waals surface area (Å²) in [5.74, 6) is 0.697. The van der Waals surface area contributed by atoms with E-state index < -0.39 is 0 Å². The first-order chi connectivity index (χ1) is 14.0. The van der Waals surface area contributed by atoms with E-state index in [-0.39, 0.29) is 12.5 Å². The van der Waals surface area contributed by atoms with E-state index >= 15 is 0 Å². The quantitative estimate of drug-likeness (QED) is 0.700. The predicted octanol–water partition coefficient (Wildman–Crippen LogP) is 3.68. The minimum atomic E-state index is -0.292. The Labute approximate surface area is 180 Å². The fourth-order valence-electron chi connectivity index (χ4n) is 2.88. The second-order valence-corrected chi connectivity index (χ2v) is 7.36. The maximum atomic E-state index is 12.2.